The number of hydrogen-bond acceptors (Lipinski definition) is 22. The van der Waals surface area contributed by atoms with Gasteiger partial charge in [-0.15, -0.1) is 0 Å². The maximum absolute atomic E-state index is 12.9. The van der Waals surface area contributed by atoms with Gasteiger partial charge in [0.15, 0.2) is 18.9 Å². The van der Waals surface area contributed by atoms with Crippen LogP contribution in [-0.2, 0) is 52.3 Å². The van der Waals surface area contributed by atoms with Crippen LogP contribution in [0, 0.1) is 0 Å². The first-order valence-corrected chi connectivity index (χ1v) is 18.0. The van der Waals surface area contributed by atoms with Crippen molar-refractivity contribution in [2.24, 2.45) is 0 Å². The van der Waals surface area contributed by atoms with Crippen molar-refractivity contribution in [3.05, 3.63) is 0 Å². The maximum atomic E-state index is 12.9. The number of carbonyl (C=O) groups excluding carboxylic acids is 2. The highest BCUT2D eigenvalue weighted by Gasteiger charge is 2.60. The lowest BCUT2D eigenvalue weighted by Crippen LogP contribution is -2.71. The summed E-state index contributed by atoms with van der Waals surface area (Å²) in [6.07, 6.45) is -33.9. The van der Waals surface area contributed by atoms with Gasteiger partial charge in [0.1, 0.15) is 85.4 Å². The zero-order chi connectivity index (χ0) is 42.7. The highest BCUT2D eigenvalue weighted by Crippen LogP contribution is 2.39. The summed E-state index contributed by atoms with van der Waals surface area (Å²) in [4.78, 5) is 37.2. The van der Waals surface area contributed by atoms with E-state index in [0.717, 1.165) is 13.8 Å². The Morgan fingerprint density at radius 3 is 1.84 bits per heavy atom. The average molecular weight is 835 g/mol. The molecule has 2 amide bonds. The van der Waals surface area contributed by atoms with E-state index in [9.17, 15) is 75.7 Å². The highest BCUT2D eigenvalue weighted by atomic mass is 16.8. The Bertz CT molecular complexity index is 1350. The number of ether oxygens (including phenoxy) is 8. The van der Waals surface area contributed by atoms with Crippen LogP contribution in [0.5, 0.6) is 0 Å². The summed E-state index contributed by atoms with van der Waals surface area (Å²) in [6, 6.07) is -2.98. The molecule has 0 saturated carbocycles. The fourth-order valence-corrected chi connectivity index (χ4v) is 7.18. The summed E-state index contributed by atoms with van der Waals surface area (Å²) in [5, 5.41) is 132. The summed E-state index contributed by atoms with van der Waals surface area (Å²) < 4.78 is 45.8. The Hall–Kier alpha value is -2.35. The molecule has 0 bridgehead atoms. The van der Waals surface area contributed by atoms with Crippen molar-refractivity contribution < 1.29 is 114 Å². The third-order valence-corrected chi connectivity index (χ3v) is 10.2. The number of carboxylic acid groups (broad SMARTS) is 1. The van der Waals surface area contributed by atoms with Crippen molar-refractivity contribution in [2.75, 3.05) is 26.9 Å². The van der Waals surface area contributed by atoms with Gasteiger partial charge >= 0.3 is 5.97 Å². The topological polar surface area (TPSA) is 392 Å². The summed E-state index contributed by atoms with van der Waals surface area (Å²) in [5.41, 5.74) is 0. The molecular formula is C32H54N2O23. The molecule has 14 N–H and O–H groups in total. The second-order valence-corrected chi connectivity index (χ2v) is 14.2. The molecule has 21 atom stereocenters. The van der Waals surface area contributed by atoms with E-state index >= 15 is 0 Å². The van der Waals surface area contributed by atoms with Crippen molar-refractivity contribution in [1.29, 1.82) is 0 Å². The third kappa shape index (κ3) is 10.2. The van der Waals surface area contributed by atoms with Gasteiger partial charge in [-0.05, 0) is 6.92 Å². The Morgan fingerprint density at radius 2 is 1.30 bits per heavy atom. The molecule has 4 aliphatic rings. The molecule has 330 valence electrons. The number of nitrogens with one attached hydrogen (secondary N) is 2. The van der Waals surface area contributed by atoms with Crippen molar-refractivity contribution >= 4 is 17.8 Å². The normalized spacial score (nSPS) is 45.1. The molecule has 0 aliphatic carbocycles. The Kier molecular flexibility index (Phi) is 16.4. The van der Waals surface area contributed by atoms with Gasteiger partial charge in [-0.2, -0.15) is 0 Å². The molecule has 4 aliphatic heterocycles. The summed E-state index contributed by atoms with van der Waals surface area (Å²) in [6.45, 7) is 0.506. The number of carbonyl (C=O) groups is 3. The minimum atomic E-state index is -3.10. The molecule has 0 aromatic rings. The molecule has 21 unspecified atom stereocenters. The lowest BCUT2D eigenvalue weighted by Gasteiger charge is -2.51. The van der Waals surface area contributed by atoms with Crippen LogP contribution in [0.1, 0.15) is 27.2 Å². The monoisotopic (exact) mass is 834 g/mol. The lowest BCUT2D eigenvalue weighted by atomic mass is 9.88. The molecule has 0 aromatic heterocycles. The second kappa shape index (κ2) is 19.8. The summed E-state index contributed by atoms with van der Waals surface area (Å²) in [7, 11) is 1.18. The van der Waals surface area contributed by atoms with Crippen molar-refractivity contribution in [2.45, 2.75) is 155 Å². The number of hydrogen-bond donors (Lipinski definition) is 14. The predicted octanol–water partition coefficient (Wildman–Crippen LogP) is -8.57. The van der Waals surface area contributed by atoms with E-state index in [2.05, 4.69) is 10.6 Å². The maximum Gasteiger partial charge on any atom is 0.364 e. The van der Waals surface area contributed by atoms with Crippen LogP contribution in [0.15, 0.2) is 0 Å². The van der Waals surface area contributed by atoms with Crippen molar-refractivity contribution in [1.82, 2.24) is 10.6 Å². The molecule has 4 heterocycles. The first-order valence-electron chi connectivity index (χ1n) is 18.0. The van der Waals surface area contributed by atoms with E-state index in [1.165, 1.54) is 14.0 Å². The van der Waals surface area contributed by atoms with Crippen molar-refractivity contribution in [3.8, 4) is 0 Å². The second-order valence-electron chi connectivity index (χ2n) is 14.2. The summed E-state index contributed by atoms with van der Waals surface area (Å²) >= 11 is 0. The number of aliphatic carboxylic acids is 1. The molecule has 57 heavy (non-hydrogen) atoms. The number of aliphatic hydroxyl groups excluding tert-OH is 11. The van der Waals surface area contributed by atoms with Gasteiger partial charge in [-0.3, -0.25) is 9.59 Å². The fourth-order valence-electron chi connectivity index (χ4n) is 7.18. The van der Waals surface area contributed by atoms with Crippen LogP contribution in [-0.4, -0.2) is 234 Å². The SMILES string of the molecule is COC1OC(CO)C(OC2OC(CO)C(O)C(OC3(C(=O)O)CC(O)C(NC(C)=O)C(C(O)C(O)CO)O3)C2O)C(OC2OC(C)C(O)C(O)C2O)C1NC(C)=O. The Labute approximate surface area is 324 Å². The van der Waals surface area contributed by atoms with Crippen LogP contribution < -0.4 is 10.6 Å². The Morgan fingerprint density at radius 1 is 0.737 bits per heavy atom. The molecule has 25 heteroatoms. The van der Waals surface area contributed by atoms with Gasteiger partial charge in [0.05, 0.1) is 38.1 Å². The Balaban J connectivity index is 1.72. The largest absolute Gasteiger partial charge is 0.477 e. The van der Waals surface area contributed by atoms with Gasteiger partial charge in [-0.1, -0.05) is 0 Å². The quantitative estimate of drug-likeness (QED) is 0.0728. The number of amides is 2. The first-order chi connectivity index (χ1) is 26.7. The molecule has 0 spiro atoms. The van der Waals surface area contributed by atoms with Crippen LogP contribution >= 0.6 is 0 Å². The van der Waals surface area contributed by atoms with Crippen LogP contribution in [0.3, 0.4) is 0 Å². The summed E-state index contributed by atoms with van der Waals surface area (Å²) in [5.74, 6) is -6.56. The van der Waals surface area contributed by atoms with Crippen molar-refractivity contribution in [3.63, 3.8) is 0 Å². The molecule has 0 aromatic carbocycles. The number of methoxy groups -OCH3 is 1. The molecule has 25 nitrogen and oxygen atoms in total. The van der Waals surface area contributed by atoms with Gasteiger partial charge < -0.3 is 110 Å². The molecule has 4 fully saturated rings. The fraction of sp³-hybridized carbons (Fsp3) is 0.906. The van der Waals surface area contributed by atoms with E-state index in [-0.39, 0.29) is 0 Å². The third-order valence-electron chi connectivity index (χ3n) is 10.2. The van der Waals surface area contributed by atoms with Crippen LogP contribution in [0.25, 0.3) is 0 Å². The minimum absolute atomic E-state index is 0.676. The zero-order valence-electron chi connectivity index (χ0n) is 31.2. The number of aliphatic hydroxyl groups is 11. The van der Waals surface area contributed by atoms with Gasteiger partial charge in [0, 0.05) is 27.4 Å². The highest BCUT2D eigenvalue weighted by molar-refractivity contribution is 5.76. The minimum Gasteiger partial charge on any atom is -0.477 e. The van der Waals surface area contributed by atoms with E-state index in [0.29, 0.717) is 0 Å². The van der Waals surface area contributed by atoms with E-state index in [1.807, 2.05) is 0 Å². The van der Waals surface area contributed by atoms with E-state index < -0.39 is 172 Å². The number of carboxylic acids is 1. The lowest BCUT2D eigenvalue weighted by molar-refractivity contribution is -0.390. The molecule has 4 saturated heterocycles. The van der Waals surface area contributed by atoms with E-state index in [4.69, 9.17) is 37.9 Å². The standard InChI is InChI=1S/C32H54N2O23/c1-9-18(42)21(45)22(46)29(51-9)55-26-17(34-11(3)39)28(50-4)53-15(8-37)24(26)54-30-23(47)27(20(44)14(7-36)52-30)57-32(31(48)49)5-12(40)16(33-10(2)38)25(56-32)19(43)13(41)6-35/h9,12-30,35-37,40-47H,5-8H2,1-4H3,(H,33,38)(H,34,39)(H,48,49). The number of rotatable bonds is 15. The molecular weight excluding hydrogens is 780 g/mol. The van der Waals surface area contributed by atoms with Crippen LogP contribution in [0.2, 0.25) is 0 Å². The molecule has 0 radical (unpaired) electrons. The first kappa shape index (κ1) is 47.3. The van der Waals surface area contributed by atoms with E-state index in [1.54, 1.807) is 0 Å². The molecule has 4 rings (SSSR count). The average Bonchev–Trinajstić information content (AvgIpc) is 3.16. The predicted molar refractivity (Wildman–Crippen MR) is 178 cm³/mol. The van der Waals surface area contributed by atoms with Gasteiger partial charge in [-0.25, -0.2) is 4.79 Å². The zero-order valence-corrected chi connectivity index (χ0v) is 31.2. The smallest absolute Gasteiger partial charge is 0.364 e. The van der Waals surface area contributed by atoms with Crippen LogP contribution in [0.4, 0.5) is 0 Å². The van der Waals surface area contributed by atoms with Gasteiger partial charge in [0.25, 0.3) is 5.79 Å². The van der Waals surface area contributed by atoms with Gasteiger partial charge in [0.2, 0.25) is 11.8 Å².